The molecule has 112 valence electrons. The quantitative estimate of drug-likeness (QED) is 0.765. The Morgan fingerprint density at radius 2 is 1.95 bits per heavy atom. The third kappa shape index (κ3) is 4.16. The molecule has 0 aliphatic rings. The van der Waals surface area contributed by atoms with E-state index in [1.165, 1.54) is 18.2 Å². The summed E-state index contributed by atoms with van der Waals surface area (Å²) in [6.45, 7) is 3.36. The Morgan fingerprint density at radius 3 is 2.67 bits per heavy atom. The van der Waals surface area contributed by atoms with Gasteiger partial charge in [-0.05, 0) is 31.2 Å². The van der Waals surface area contributed by atoms with Crippen LogP contribution in [0.15, 0.2) is 36.4 Å². The third-order valence-electron chi connectivity index (χ3n) is 2.90. The van der Waals surface area contributed by atoms with Gasteiger partial charge in [-0.3, -0.25) is 0 Å². The monoisotopic (exact) mass is 311 g/mol. The molecule has 0 radical (unpaired) electrons. The maximum atomic E-state index is 14.0. The first-order chi connectivity index (χ1) is 10.1. The van der Waals surface area contributed by atoms with Crippen LogP contribution in [0.5, 0.6) is 11.5 Å². The molecule has 0 heterocycles. The second-order valence-electron chi connectivity index (χ2n) is 4.58. The fourth-order valence-electron chi connectivity index (χ4n) is 1.87. The summed E-state index contributed by atoms with van der Waals surface area (Å²) in [4.78, 5) is 0. The Hall–Kier alpha value is -1.65. The average Bonchev–Trinajstić information content (AvgIpc) is 2.46. The lowest BCUT2D eigenvalue weighted by Gasteiger charge is -2.13. The number of ether oxygens (including phenoxy) is 1. The SMILES string of the molecule is CCCNCc1cccc(F)c1Oc1ccc(Cl)c(F)c1. The van der Waals surface area contributed by atoms with Crippen molar-refractivity contribution in [1.29, 1.82) is 0 Å². The minimum atomic E-state index is -0.601. The van der Waals surface area contributed by atoms with Gasteiger partial charge >= 0.3 is 0 Å². The fourth-order valence-corrected chi connectivity index (χ4v) is 1.98. The van der Waals surface area contributed by atoms with Crippen molar-refractivity contribution < 1.29 is 13.5 Å². The fraction of sp³-hybridized carbons (Fsp3) is 0.250. The predicted octanol–water partition coefficient (Wildman–Crippen LogP) is 4.91. The van der Waals surface area contributed by atoms with E-state index in [0.717, 1.165) is 19.0 Å². The number of benzene rings is 2. The Balaban J connectivity index is 2.23. The van der Waals surface area contributed by atoms with Gasteiger partial charge in [0.1, 0.15) is 11.6 Å². The van der Waals surface area contributed by atoms with E-state index in [-0.39, 0.29) is 16.5 Å². The van der Waals surface area contributed by atoms with Crippen LogP contribution >= 0.6 is 11.6 Å². The molecule has 0 spiro atoms. The zero-order valence-corrected chi connectivity index (χ0v) is 12.4. The smallest absolute Gasteiger partial charge is 0.167 e. The zero-order valence-electron chi connectivity index (χ0n) is 11.6. The molecule has 0 aromatic heterocycles. The molecule has 0 bridgehead atoms. The lowest BCUT2D eigenvalue weighted by molar-refractivity contribution is 0.430. The lowest BCUT2D eigenvalue weighted by Crippen LogP contribution is -2.14. The summed E-state index contributed by atoms with van der Waals surface area (Å²) in [5.74, 6) is -0.779. The topological polar surface area (TPSA) is 21.3 Å². The normalized spacial score (nSPS) is 10.7. The van der Waals surface area contributed by atoms with Crippen molar-refractivity contribution in [2.45, 2.75) is 19.9 Å². The summed E-state index contributed by atoms with van der Waals surface area (Å²) in [5.41, 5.74) is 0.679. The maximum absolute atomic E-state index is 14.0. The average molecular weight is 312 g/mol. The Kier molecular flexibility index (Phi) is 5.53. The summed E-state index contributed by atoms with van der Waals surface area (Å²) in [5, 5.41) is 3.18. The highest BCUT2D eigenvalue weighted by molar-refractivity contribution is 6.30. The molecule has 2 nitrogen and oxygen atoms in total. The molecule has 0 amide bonds. The van der Waals surface area contributed by atoms with E-state index < -0.39 is 11.6 Å². The van der Waals surface area contributed by atoms with E-state index in [9.17, 15) is 8.78 Å². The highest BCUT2D eigenvalue weighted by atomic mass is 35.5. The third-order valence-corrected chi connectivity index (χ3v) is 3.21. The highest BCUT2D eigenvalue weighted by Gasteiger charge is 2.12. The van der Waals surface area contributed by atoms with Gasteiger partial charge in [-0.25, -0.2) is 8.78 Å². The first kappa shape index (κ1) is 15.7. The molecule has 2 aromatic rings. The minimum Gasteiger partial charge on any atom is -0.454 e. The number of halogens is 3. The standard InChI is InChI=1S/C16H16ClF2NO/c1-2-8-20-10-11-4-3-5-14(18)16(11)21-12-6-7-13(17)15(19)9-12/h3-7,9,20H,2,8,10H2,1H3. The van der Waals surface area contributed by atoms with Crippen molar-refractivity contribution >= 4 is 11.6 Å². The van der Waals surface area contributed by atoms with E-state index in [0.29, 0.717) is 12.1 Å². The van der Waals surface area contributed by atoms with E-state index in [2.05, 4.69) is 5.32 Å². The van der Waals surface area contributed by atoms with Crippen LogP contribution in [-0.2, 0) is 6.54 Å². The van der Waals surface area contributed by atoms with Crippen LogP contribution in [0.3, 0.4) is 0 Å². The largest absolute Gasteiger partial charge is 0.454 e. The Labute approximate surface area is 127 Å². The molecule has 0 aliphatic carbocycles. The van der Waals surface area contributed by atoms with Gasteiger partial charge in [-0.15, -0.1) is 0 Å². The van der Waals surface area contributed by atoms with Gasteiger partial charge in [0, 0.05) is 18.2 Å². The summed E-state index contributed by atoms with van der Waals surface area (Å²) in [7, 11) is 0. The molecular formula is C16H16ClF2NO. The van der Waals surface area contributed by atoms with Gasteiger partial charge in [-0.2, -0.15) is 0 Å². The molecule has 21 heavy (non-hydrogen) atoms. The molecule has 5 heteroatoms. The van der Waals surface area contributed by atoms with Gasteiger partial charge in [0.2, 0.25) is 0 Å². The van der Waals surface area contributed by atoms with E-state index >= 15 is 0 Å². The summed E-state index contributed by atoms with van der Waals surface area (Å²) < 4.78 is 32.9. The van der Waals surface area contributed by atoms with Crippen LogP contribution in [0, 0.1) is 11.6 Å². The minimum absolute atomic E-state index is 0.000666. The number of nitrogens with one attached hydrogen (secondary N) is 1. The van der Waals surface area contributed by atoms with Gasteiger partial charge < -0.3 is 10.1 Å². The van der Waals surface area contributed by atoms with Crippen molar-refractivity contribution in [3.8, 4) is 11.5 Å². The summed E-state index contributed by atoms with van der Waals surface area (Å²) in [6, 6.07) is 8.72. The summed E-state index contributed by atoms with van der Waals surface area (Å²) >= 11 is 5.62. The van der Waals surface area contributed by atoms with E-state index in [1.807, 2.05) is 6.92 Å². The van der Waals surface area contributed by atoms with Crippen molar-refractivity contribution in [3.05, 3.63) is 58.6 Å². The molecular weight excluding hydrogens is 296 g/mol. The van der Waals surface area contributed by atoms with Crippen LogP contribution in [0.2, 0.25) is 5.02 Å². The molecule has 0 unspecified atom stereocenters. The number of hydrogen-bond acceptors (Lipinski definition) is 2. The molecule has 0 saturated carbocycles. The maximum Gasteiger partial charge on any atom is 0.167 e. The Bertz CT molecular complexity index is 619. The van der Waals surface area contributed by atoms with Crippen LogP contribution in [-0.4, -0.2) is 6.54 Å². The Morgan fingerprint density at radius 1 is 1.14 bits per heavy atom. The van der Waals surface area contributed by atoms with Gasteiger partial charge in [0.15, 0.2) is 11.6 Å². The molecule has 0 atom stereocenters. The second-order valence-corrected chi connectivity index (χ2v) is 4.99. The van der Waals surface area contributed by atoms with E-state index in [1.54, 1.807) is 12.1 Å². The molecule has 0 aliphatic heterocycles. The van der Waals surface area contributed by atoms with Crippen LogP contribution in [0.25, 0.3) is 0 Å². The van der Waals surface area contributed by atoms with Gasteiger partial charge in [0.05, 0.1) is 5.02 Å². The first-order valence-electron chi connectivity index (χ1n) is 6.73. The van der Waals surface area contributed by atoms with Gasteiger partial charge in [-0.1, -0.05) is 30.7 Å². The number of para-hydroxylation sites is 1. The molecule has 0 saturated heterocycles. The van der Waals surface area contributed by atoms with Crippen molar-refractivity contribution in [3.63, 3.8) is 0 Å². The number of hydrogen-bond donors (Lipinski definition) is 1. The molecule has 1 N–H and O–H groups in total. The van der Waals surface area contributed by atoms with Crippen LogP contribution in [0.1, 0.15) is 18.9 Å². The number of rotatable bonds is 6. The highest BCUT2D eigenvalue weighted by Crippen LogP contribution is 2.30. The molecule has 2 aromatic carbocycles. The van der Waals surface area contributed by atoms with Crippen molar-refractivity contribution in [1.82, 2.24) is 5.32 Å². The molecule has 0 fully saturated rings. The van der Waals surface area contributed by atoms with Crippen molar-refractivity contribution in [2.75, 3.05) is 6.54 Å². The van der Waals surface area contributed by atoms with Crippen LogP contribution < -0.4 is 10.1 Å². The summed E-state index contributed by atoms with van der Waals surface area (Å²) in [6.07, 6.45) is 0.980. The second kappa shape index (κ2) is 7.38. The predicted molar refractivity (Wildman–Crippen MR) is 79.9 cm³/mol. The van der Waals surface area contributed by atoms with Crippen LogP contribution in [0.4, 0.5) is 8.78 Å². The van der Waals surface area contributed by atoms with Gasteiger partial charge in [0.25, 0.3) is 0 Å². The lowest BCUT2D eigenvalue weighted by atomic mass is 10.2. The zero-order chi connectivity index (χ0) is 15.2. The van der Waals surface area contributed by atoms with E-state index in [4.69, 9.17) is 16.3 Å². The van der Waals surface area contributed by atoms with Crippen molar-refractivity contribution in [2.24, 2.45) is 0 Å². The molecule has 2 rings (SSSR count). The first-order valence-corrected chi connectivity index (χ1v) is 7.10.